The van der Waals surface area contributed by atoms with Crippen LogP contribution in [0.3, 0.4) is 0 Å². The van der Waals surface area contributed by atoms with Crippen molar-refractivity contribution >= 4 is 65.5 Å². The van der Waals surface area contributed by atoms with Gasteiger partial charge >= 0.3 is 18.1 Å². The fourth-order valence-corrected chi connectivity index (χ4v) is 7.86. The molecular weight excluding hydrogens is 1130 g/mol. The van der Waals surface area contributed by atoms with Crippen molar-refractivity contribution in [3.63, 3.8) is 0 Å². The van der Waals surface area contributed by atoms with Gasteiger partial charge in [0.2, 0.25) is 29.9 Å². The minimum absolute atomic E-state index is 0.0390. The Kier molecular flexibility index (Phi) is 29.4. The number of aldehydes is 1. The summed E-state index contributed by atoms with van der Waals surface area (Å²) in [6, 6.07) is 7.26. The monoisotopic (exact) mass is 1200 g/mol. The minimum Gasteiger partial charge on any atom is -0.490 e. The molecule has 8 amide bonds. The molecular formula is C54H69F3N4O23. The number of aliphatic carboxylic acids is 1. The number of hydrogen-bond acceptors (Lipinski definition) is 22. The summed E-state index contributed by atoms with van der Waals surface area (Å²) in [6.07, 6.45) is -5.28. The van der Waals surface area contributed by atoms with Crippen LogP contribution in [0.15, 0.2) is 36.4 Å². The van der Waals surface area contributed by atoms with Gasteiger partial charge in [-0.05, 0) is 57.9 Å². The molecule has 3 N–H and O–H groups in total. The van der Waals surface area contributed by atoms with Crippen LogP contribution in [-0.2, 0) is 76.2 Å². The predicted molar refractivity (Wildman–Crippen MR) is 279 cm³/mol. The van der Waals surface area contributed by atoms with Gasteiger partial charge in [0.05, 0.1) is 141 Å². The molecule has 0 radical (unpaired) electrons. The van der Waals surface area contributed by atoms with Crippen molar-refractivity contribution in [1.82, 2.24) is 20.4 Å². The van der Waals surface area contributed by atoms with Gasteiger partial charge in [-0.25, -0.2) is 0 Å². The van der Waals surface area contributed by atoms with E-state index in [4.69, 9.17) is 62.0 Å². The van der Waals surface area contributed by atoms with E-state index in [1.807, 2.05) is 20.8 Å². The molecule has 6 rings (SSSR count). The Morgan fingerprint density at radius 1 is 0.524 bits per heavy atom. The largest absolute Gasteiger partial charge is 0.490 e. The molecule has 2 fully saturated rings. The third-order valence-corrected chi connectivity index (χ3v) is 11.5. The number of amides is 8. The molecule has 4 aliphatic heterocycles. The number of ether oxygens (including phenoxy) is 11. The van der Waals surface area contributed by atoms with Crippen LogP contribution >= 0.6 is 0 Å². The molecule has 0 aromatic heterocycles. The maximum Gasteiger partial charge on any atom is 0.446 e. The number of carboxylic acids is 1. The number of carbonyl (C=O) groups is 11. The summed E-state index contributed by atoms with van der Waals surface area (Å²) in [7, 11) is 0. The Morgan fingerprint density at radius 3 is 1.15 bits per heavy atom. The molecule has 0 saturated carbocycles. The van der Waals surface area contributed by atoms with Crippen LogP contribution in [-0.4, -0.2) is 223 Å². The molecule has 2 saturated heterocycles. The molecule has 4 heterocycles. The van der Waals surface area contributed by atoms with Crippen LogP contribution in [0.4, 0.5) is 13.2 Å². The van der Waals surface area contributed by atoms with E-state index >= 15 is 0 Å². The van der Waals surface area contributed by atoms with E-state index in [1.165, 1.54) is 12.1 Å². The molecule has 0 aliphatic carbocycles. The second-order valence-electron chi connectivity index (χ2n) is 19.0. The quantitative estimate of drug-likeness (QED) is 0.0390. The minimum atomic E-state index is -4.64. The highest BCUT2D eigenvalue weighted by atomic mass is 19.4. The Labute approximate surface area is 480 Å². The number of halogens is 3. The maximum atomic E-state index is 13.0. The van der Waals surface area contributed by atoms with Gasteiger partial charge in [0.15, 0.2) is 0 Å². The van der Waals surface area contributed by atoms with Crippen molar-refractivity contribution < 1.29 is 123 Å². The lowest BCUT2D eigenvalue weighted by atomic mass is 10.0. The van der Waals surface area contributed by atoms with E-state index in [0.29, 0.717) is 79.3 Å². The predicted octanol–water partition coefficient (Wildman–Crippen LogP) is 2.02. The van der Waals surface area contributed by atoms with E-state index < -0.39 is 83.4 Å². The van der Waals surface area contributed by atoms with E-state index in [-0.39, 0.29) is 118 Å². The van der Waals surface area contributed by atoms with Crippen molar-refractivity contribution in [2.24, 2.45) is 0 Å². The number of benzene rings is 2. The average molecular weight is 1200 g/mol. The Bertz CT molecular complexity index is 2590. The second-order valence-corrected chi connectivity index (χ2v) is 19.0. The van der Waals surface area contributed by atoms with Gasteiger partial charge in [-0.1, -0.05) is 12.1 Å². The first-order valence-corrected chi connectivity index (χ1v) is 26.6. The van der Waals surface area contributed by atoms with Crippen LogP contribution in [0, 0.1) is 0 Å². The van der Waals surface area contributed by atoms with Crippen molar-refractivity contribution in [2.75, 3.05) is 119 Å². The SMILES string of the molecule is CC(C)(C)OC(=O)CCOCCOCCOCCOCCOc1cccc2c1C(=O)N(C1CCC(=O)NC1=O)C2=O.O=C(O)CCOCCOCCOCCOCCOc1cccc2c1C(=O)N(C1CCC(=O)NC1=O)C2=O.O=CC(F)(F)F. The number of carbonyl (C=O) groups excluding carboxylic acids is 10. The van der Waals surface area contributed by atoms with Gasteiger partial charge in [-0.15, -0.1) is 0 Å². The first-order valence-electron chi connectivity index (χ1n) is 26.6. The number of esters is 1. The summed E-state index contributed by atoms with van der Waals surface area (Å²) < 4.78 is 90.7. The molecule has 84 heavy (non-hydrogen) atoms. The van der Waals surface area contributed by atoms with Gasteiger partial charge < -0.3 is 57.2 Å². The summed E-state index contributed by atoms with van der Waals surface area (Å²) in [6.45, 7) is 10.8. The molecule has 2 aromatic carbocycles. The molecule has 30 heteroatoms. The lowest BCUT2D eigenvalue weighted by molar-refractivity contribution is -0.156. The summed E-state index contributed by atoms with van der Waals surface area (Å²) in [5, 5.41) is 12.8. The molecule has 4 aliphatic rings. The summed E-state index contributed by atoms with van der Waals surface area (Å²) in [5.74, 6) is -5.40. The molecule has 2 unspecified atom stereocenters. The number of alkyl halides is 3. The highest BCUT2D eigenvalue weighted by Crippen LogP contribution is 2.35. The summed E-state index contributed by atoms with van der Waals surface area (Å²) in [4.78, 5) is 131. The Balaban J connectivity index is 0.000000330. The van der Waals surface area contributed by atoms with Gasteiger partial charge in [-0.2, -0.15) is 13.2 Å². The number of imide groups is 4. The van der Waals surface area contributed by atoms with Crippen molar-refractivity contribution in [2.45, 2.75) is 83.2 Å². The van der Waals surface area contributed by atoms with Crippen LogP contribution in [0.5, 0.6) is 11.5 Å². The van der Waals surface area contributed by atoms with Gasteiger partial charge in [0.25, 0.3) is 23.6 Å². The topological polar surface area (TPSA) is 340 Å². The first-order chi connectivity index (χ1) is 40.0. The molecule has 0 bridgehead atoms. The fraction of sp³-hybridized carbons (Fsp3) is 0.574. The molecule has 2 atom stereocenters. The number of rotatable bonds is 34. The van der Waals surface area contributed by atoms with Crippen LogP contribution in [0.2, 0.25) is 0 Å². The summed E-state index contributed by atoms with van der Waals surface area (Å²) >= 11 is 0. The van der Waals surface area contributed by atoms with E-state index in [9.17, 15) is 61.1 Å². The standard InChI is InChI=1S/C28H38N2O11.C24H30N2O11.C2HF3O/c1-28(2,3)41-23(32)9-10-36-11-12-37-13-14-38-15-16-39-17-18-40-21-6-4-5-19-24(21)27(35)30(26(19)34)20-7-8-22(31)29-25(20)33;27-19-5-4-17(22(30)25-19)26-23(31)16-2-1-3-18(21(16)24(26)32)37-15-14-36-13-12-35-11-10-34-9-8-33-7-6-20(28)29;3-2(4,5)1-6/h4-6,20H,7-18H2,1-3H3,(H,29,31,33);1-3,17H,4-15H2,(H,28,29)(H,25,27,30);1H. The zero-order chi connectivity index (χ0) is 61.7. The smallest absolute Gasteiger partial charge is 0.446 e. The lowest BCUT2D eigenvalue weighted by Gasteiger charge is -2.27. The number of piperidine rings is 2. The number of nitrogens with one attached hydrogen (secondary N) is 2. The van der Waals surface area contributed by atoms with Crippen LogP contribution in [0.1, 0.15) is 101 Å². The van der Waals surface area contributed by atoms with Crippen LogP contribution in [0.25, 0.3) is 0 Å². The number of nitrogens with zero attached hydrogens (tertiary/aromatic N) is 2. The molecule has 0 spiro atoms. The number of fused-ring (bicyclic) bond motifs is 2. The Morgan fingerprint density at radius 2 is 0.845 bits per heavy atom. The maximum absolute atomic E-state index is 13.0. The third-order valence-electron chi connectivity index (χ3n) is 11.5. The van der Waals surface area contributed by atoms with Crippen LogP contribution < -0.4 is 20.1 Å². The molecule has 27 nitrogen and oxygen atoms in total. The zero-order valence-corrected chi connectivity index (χ0v) is 46.6. The molecule has 2 aromatic rings. The number of carboxylic acid groups (broad SMARTS) is 1. The van der Waals surface area contributed by atoms with E-state index in [2.05, 4.69) is 10.6 Å². The molecule has 464 valence electrons. The summed E-state index contributed by atoms with van der Waals surface area (Å²) in [5.41, 5.74) is -0.0138. The van der Waals surface area contributed by atoms with Gasteiger partial charge in [0, 0.05) is 12.8 Å². The van der Waals surface area contributed by atoms with Crippen molar-refractivity contribution in [3.8, 4) is 11.5 Å². The lowest BCUT2D eigenvalue weighted by Crippen LogP contribution is -2.54. The van der Waals surface area contributed by atoms with Gasteiger partial charge in [-0.3, -0.25) is 73.2 Å². The normalized spacial score (nSPS) is 16.7. The number of hydrogen-bond donors (Lipinski definition) is 3. The van der Waals surface area contributed by atoms with Crippen molar-refractivity contribution in [3.05, 3.63) is 58.7 Å². The Hall–Kier alpha value is -7.32. The van der Waals surface area contributed by atoms with Crippen molar-refractivity contribution in [1.29, 1.82) is 0 Å². The first kappa shape index (κ1) is 69.2. The third kappa shape index (κ3) is 23.7. The highest BCUT2D eigenvalue weighted by molar-refractivity contribution is 6.25. The zero-order valence-electron chi connectivity index (χ0n) is 46.6. The second kappa shape index (κ2) is 35.7. The van der Waals surface area contributed by atoms with E-state index in [0.717, 1.165) is 9.80 Å². The fourth-order valence-electron chi connectivity index (χ4n) is 7.86. The highest BCUT2D eigenvalue weighted by Gasteiger charge is 2.47. The van der Waals surface area contributed by atoms with E-state index in [1.54, 1.807) is 24.3 Å². The average Bonchev–Trinajstić information content (AvgIpc) is 1.91. The van der Waals surface area contributed by atoms with Gasteiger partial charge in [0.1, 0.15) is 42.4 Å².